The van der Waals surface area contributed by atoms with E-state index in [0.717, 1.165) is 10.6 Å². The van der Waals surface area contributed by atoms with Crippen molar-refractivity contribution in [1.29, 1.82) is 0 Å². The second kappa shape index (κ2) is 8.72. The van der Waals surface area contributed by atoms with Gasteiger partial charge in [0, 0.05) is 6.54 Å². The molecular formula is C23H19FN4O4S. The molecule has 2 aromatic carbocycles. The Kier molecular flexibility index (Phi) is 5.61. The summed E-state index contributed by atoms with van der Waals surface area (Å²) in [4.78, 5) is 36.8. The summed E-state index contributed by atoms with van der Waals surface area (Å²) in [6, 6.07) is 11.1. The second-order valence-corrected chi connectivity index (χ2v) is 8.66. The van der Waals surface area contributed by atoms with Gasteiger partial charge in [-0.3, -0.25) is 9.59 Å². The highest BCUT2D eigenvalue weighted by Crippen LogP contribution is 2.32. The summed E-state index contributed by atoms with van der Waals surface area (Å²) in [5.41, 5.74) is 2.35. The molecule has 1 unspecified atom stereocenters. The molecule has 0 aliphatic carbocycles. The van der Waals surface area contributed by atoms with E-state index in [-0.39, 0.29) is 29.9 Å². The summed E-state index contributed by atoms with van der Waals surface area (Å²) in [5, 5.41) is 3.54. The number of amides is 2. The first-order chi connectivity index (χ1) is 16.0. The lowest BCUT2D eigenvalue weighted by Gasteiger charge is -2.23. The number of hydrogen-bond acceptors (Lipinski definition) is 7. The third-order valence-corrected chi connectivity index (χ3v) is 6.35. The van der Waals surface area contributed by atoms with Crippen molar-refractivity contribution in [2.45, 2.75) is 13.2 Å². The van der Waals surface area contributed by atoms with Crippen LogP contribution in [0.25, 0.3) is 21.5 Å². The van der Waals surface area contributed by atoms with Gasteiger partial charge in [0.2, 0.25) is 0 Å². The molecule has 10 heteroatoms. The maximum absolute atomic E-state index is 13.4. The first-order valence-corrected chi connectivity index (χ1v) is 11.1. The van der Waals surface area contributed by atoms with Crippen molar-refractivity contribution in [2.24, 2.45) is 0 Å². The number of carbonyl (C=O) groups is 2. The van der Waals surface area contributed by atoms with Crippen LogP contribution in [0.3, 0.4) is 0 Å². The van der Waals surface area contributed by atoms with Crippen LogP contribution in [0.1, 0.15) is 25.9 Å². The number of ether oxygens (including phenoxy) is 1. The third kappa shape index (κ3) is 4.10. The average molecular weight is 466 g/mol. The van der Waals surface area contributed by atoms with Crippen LogP contribution in [-0.2, 0) is 4.74 Å². The number of para-hydroxylation sites is 1. The van der Waals surface area contributed by atoms with Crippen molar-refractivity contribution in [1.82, 2.24) is 20.2 Å². The van der Waals surface area contributed by atoms with E-state index < -0.39 is 6.23 Å². The topological polar surface area (TPSA) is 97.6 Å². The van der Waals surface area contributed by atoms with Crippen molar-refractivity contribution < 1.29 is 23.1 Å². The summed E-state index contributed by atoms with van der Waals surface area (Å²) >= 11 is 1.37. The third-order valence-electron chi connectivity index (χ3n) is 5.33. The van der Waals surface area contributed by atoms with Crippen molar-refractivity contribution in [3.05, 3.63) is 70.9 Å². The maximum Gasteiger partial charge on any atom is 0.276 e. The fourth-order valence-electron chi connectivity index (χ4n) is 3.77. The molecule has 1 aliphatic rings. The molecule has 1 aliphatic heterocycles. The fraction of sp³-hybridized carbons (Fsp3) is 0.217. The lowest BCUT2D eigenvalue weighted by molar-refractivity contribution is 0.0277. The zero-order valence-corrected chi connectivity index (χ0v) is 18.4. The van der Waals surface area contributed by atoms with Crippen molar-refractivity contribution >= 4 is 34.3 Å². The predicted molar refractivity (Wildman–Crippen MR) is 119 cm³/mol. The Balaban J connectivity index is 1.33. The molecule has 5 rings (SSSR count). The number of hydrogen-bond donors (Lipinski definition) is 1. The fourth-order valence-corrected chi connectivity index (χ4v) is 4.68. The smallest absolute Gasteiger partial charge is 0.276 e. The molecule has 2 amide bonds. The maximum atomic E-state index is 13.4. The van der Waals surface area contributed by atoms with Gasteiger partial charge in [-0.1, -0.05) is 18.2 Å². The van der Waals surface area contributed by atoms with Crippen molar-refractivity contribution in [3.8, 4) is 10.4 Å². The first-order valence-electron chi connectivity index (χ1n) is 10.3. The molecule has 0 bridgehead atoms. The molecule has 8 nitrogen and oxygen atoms in total. The molecule has 3 heterocycles. The number of nitrogens with zero attached hydrogens (tertiary/aromatic N) is 3. The van der Waals surface area contributed by atoms with Gasteiger partial charge in [0.15, 0.2) is 12.0 Å². The van der Waals surface area contributed by atoms with Gasteiger partial charge >= 0.3 is 0 Å². The molecule has 33 heavy (non-hydrogen) atoms. The number of benzene rings is 2. The van der Waals surface area contributed by atoms with Crippen LogP contribution >= 0.6 is 11.3 Å². The highest BCUT2D eigenvalue weighted by molar-refractivity contribution is 7.15. The zero-order valence-electron chi connectivity index (χ0n) is 17.6. The van der Waals surface area contributed by atoms with Crippen LogP contribution in [0.15, 0.2) is 53.3 Å². The quantitative estimate of drug-likeness (QED) is 0.483. The molecule has 0 saturated carbocycles. The predicted octanol–water partition coefficient (Wildman–Crippen LogP) is 3.63. The van der Waals surface area contributed by atoms with Gasteiger partial charge in [0.25, 0.3) is 11.8 Å². The minimum absolute atomic E-state index is 0.101. The van der Waals surface area contributed by atoms with Gasteiger partial charge in [-0.05, 0) is 36.8 Å². The first kappa shape index (κ1) is 21.2. The summed E-state index contributed by atoms with van der Waals surface area (Å²) in [6.45, 7) is 2.64. The van der Waals surface area contributed by atoms with Gasteiger partial charge in [-0.25, -0.2) is 14.4 Å². The van der Waals surface area contributed by atoms with Gasteiger partial charge in [-0.2, -0.15) is 0 Å². The Morgan fingerprint density at radius 1 is 1.24 bits per heavy atom. The molecule has 168 valence electrons. The van der Waals surface area contributed by atoms with Crippen LogP contribution in [-0.4, -0.2) is 52.6 Å². The number of aryl methyl sites for hydroxylation is 1. The number of aromatic nitrogens is 2. The summed E-state index contributed by atoms with van der Waals surface area (Å²) in [7, 11) is 0. The minimum atomic E-state index is -0.640. The second-order valence-electron chi connectivity index (χ2n) is 7.46. The number of nitrogens with one attached hydrogen (secondary N) is 1. The van der Waals surface area contributed by atoms with E-state index in [1.54, 1.807) is 35.2 Å². The number of thiazole rings is 1. The normalized spacial score (nSPS) is 15.8. The van der Waals surface area contributed by atoms with Crippen LogP contribution in [0.4, 0.5) is 4.39 Å². The van der Waals surface area contributed by atoms with Gasteiger partial charge in [-0.15, -0.1) is 11.3 Å². The van der Waals surface area contributed by atoms with Gasteiger partial charge < -0.3 is 19.4 Å². The molecule has 4 aromatic rings. The molecule has 0 radical (unpaired) electrons. The molecule has 1 N–H and O–H groups in total. The minimum Gasteiger partial charge on any atom is -0.443 e. The van der Waals surface area contributed by atoms with Crippen LogP contribution in [0.2, 0.25) is 0 Å². The van der Waals surface area contributed by atoms with E-state index in [1.807, 2.05) is 6.92 Å². The molecule has 0 spiro atoms. The largest absolute Gasteiger partial charge is 0.443 e. The van der Waals surface area contributed by atoms with E-state index in [9.17, 15) is 14.0 Å². The molecule has 1 saturated heterocycles. The Hall–Kier alpha value is -3.63. The Morgan fingerprint density at radius 3 is 2.88 bits per heavy atom. The summed E-state index contributed by atoms with van der Waals surface area (Å²) in [6.07, 6.45) is 0.648. The van der Waals surface area contributed by atoms with Crippen LogP contribution < -0.4 is 5.32 Å². The number of fused-ring (bicyclic) bond motifs is 1. The lowest BCUT2D eigenvalue weighted by Crippen LogP contribution is -2.44. The SMILES string of the molecule is Cc1nc(C(=O)N2CCOC2CNC(=O)c2cccc3ncoc23)c(-c2ccc(F)cc2)s1. The Morgan fingerprint density at radius 2 is 2.06 bits per heavy atom. The van der Waals surface area contributed by atoms with Gasteiger partial charge in [0.1, 0.15) is 23.3 Å². The number of rotatable bonds is 5. The monoisotopic (exact) mass is 466 g/mol. The van der Waals surface area contributed by atoms with E-state index in [0.29, 0.717) is 34.7 Å². The van der Waals surface area contributed by atoms with E-state index in [2.05, 4.69) is 15.3 Å². The summed E-state index contributed by atoms with van der Waals surface area (Å²) < 4.78 is 24.4. The number of halogens is 1. The van der Waals surface area contributed by atoms with Crippen molar-refractivity contribution in [3.63, 3.8) is 0 Å². The highest BCUT2D eigenvalue weighted by Gasteiger charge is 2.33. The average Bonchev–Trinajstić information content (AvgIpc) is 3.56. The molecular weight excluding hydrogens is 447 g/mol. The molecule has 1 fully saturated rings. The van der Waals surface area contributed by atoms with Gasteiger partial charge in [0.05, 0.1) is 28.6 Å². The van der Waals surface area contributed by atoms with E-state index in [1.165, 1.54) is 29.9 Å². The molecule has 1 atom stereocenters. The van der Waals surface area contributed by atoms with Crippen LogP contribution in [0, 0.1) is 12.7 Å². The zero-order chi connectivity index (χ0) is 22.9. The number of carbonyl (C=O) groups excluding carboxylic acids is 2. The van der Waals surface area contributed by atoms with Crippen molar-refractivity contribution in [2.75, 3.05) is 19.7 Å². The number of oxazole rings is 1. The molecule has 2 aromatic heterocycles. The summed E-state index contributed by atoms with van der Waals surface area (Å²) in [5.74, 6) is -0.998. The lowest BCUT2D eigenvalue weighted by atomic mass is 10.1. The highest BCUT2D eigenvalue weighted by atomic mass is 32.1. The van der Waals surface area contributed by atoms with Crippen LogP contribution in [0.5, 0.6) is 0 Å². The van der Waals surface area contributed by atoms with E-state index >= 15 is 0 Å². The standard InChI is InChI=1S/C23H19FN4O4S/c1-13-27-19(21(33-13)14-5-7-15(24)8-6-14)23(30)28-9-10-31-18(28)11-25-22(29)16-3-2-4-17-20(16)32-12-26-17/h2-8,12,18H,9-11H2,1H3,(H,25,29). The Bertz CT molecular complexity index is 1330. The van der Waals surface area contributed by atoms with E-state index in [4.69, 9.17) is 9.15 Å². The Labute approximate surface area is 192 Å².